The first kappa shape index (κ1) is 14.8. The molecule has 0 aliphatic carbocycles. The maximum absolute atomic E-state index is 13.7. The largest absolute Gasteiger partial charge is 0.316 e. The van der Waals surface area contributed by atoms with Crippen molar-refractivity contribution >= 4 is 5.57 Å². The highest BCUT2D eigenvalue weighted by molar-refractivity contribution is 5.64. The van der Waals surface area contributed by atoms with Crippen molar-refractivity contribution < 1.29 is 8.78 Å². The van der Waals surface area contributed by atoms with E-state index in [-0.39, 0.29) is 0 Å². The van der Waals surface area contributed by atoms with Gasteiger partial charge in [-0.2, -0.15) is 0 Å². The highest BCUT2D eigenvalue weighted by Crippen LogP contribution is 2.22. The van der Waals surface area contributed by atoms with Crippen molar-refractivity contribution in [2.45, 2.75) is 33.6 Å². The van der Waals surface area contributed by atoms with Gasteiger partial charge in [-0.1, -0.05) is 25.1 Å². The predicted octanol–water partition coefficient (Wildman–Crippen LogP) is 4.07. The lowest BCUT2D eigenvalue weighted by molar-refractivity contribution is 0.501. The first-order valence-corrected chi connectivity index (χ1v) is 6.40. The SMILES string of the molecule is CCCNCC/C=C(/C)c1ccc(C)c(F)c1F. The second-order valence-corrected chi connectivity index (χ2v) is 4.48. The van der Waals surface area contributed by atoms with Gasteiger partial charge in [-0.25, -0.2) is 8.78 Å². The monoisotopic (exact) mass is 253 g/mol. The molecule has 0 saturated heterocycles. The fourth-order valence-electron chi connectivity index (χ4n) is 1.75. The zero-order valence-electron chi connectivity index (χ0n) is 11.3. The van der Waals surface area contributed by atoms with E-state index in [1.54, 1.807) is 19.1 Å². The maximum Gasteiger partial charge on any atom is 0.166 e. The summed E-state index contributed by atoms with van der Waals surface area (Å²) in [7, 11) is 0. The molecule has 0 fully saturated rings. The van der Waals surface area contributed by atoms with Gasteiger partial charge in [0.2, 0.25) is 0 Å². The molecule has 0 aromatic heterocycles. The minimum Gasteiger partial charge on any atom is -0.316 e. The molecule has 0 saturated carbocycles. The van der Waals surface area contributed by atoms with Crippen LogP contribution < -0.4 is 5.32 Å². The van der Waals surface area contributed by atoms with Crippen LogP contribution in [0.15, 0.2) is 18.2 Å². The number of hydrogen-bond acceptors (Lipinski definition) is 1. The summed E-state index contributed by atoms with van der Waals surface area (Å²) in [5.41, 5.74) is 1.48. The lowest BCUT2D eigenvalue weighted by Crippen LogP contribution is -2.15. The lowest BCUT2D eigenvalue weighted by Gasteiger charge is -2.07. The summed E-state index contributed by atoms with van der Waals surface area (Å²) in [4.78, 5) is 0. The van der Waals surface area contributed by atoms with E-state index in [2.05, 4.69) is 12.2 Å². The van der Waals surface area contributed by atoms with Gasteiger partial charge in [-0.15, -0.1) is 0 Å². The molecule has 18 heavy (non-hydrogen) atoms. The minimum absolute atomic E-state index is 0.341. The van der Waals surface area contributed by atoms with Crippen LogP contribution in [0.3, 0.4) is 0 Å². The number of allylic oxidation sites excluding steroid dienone is 1. The summed E-state index contributed by atoms with van der Waals surface area (Å²) in [6, 6.07) is 3.25. The van der Waals surface area contributed by atoms with E-state index in [0.29, 0.717) is 11.1 Å². The van der Waals surface area contributed by atoms with Crippen LogP contribution in [0.5, 0.6) is 0 Å². The number of nitrogens with one attached hydrogen (secondary N) is 1. The van der Waals surface area contributed by atoms with E-state index in [1.165, 1.54) is 0 Å². The predicted molar refractivity (Wildman–Crippen MR) is 72.5 cm³/mol. The molecule has 0 amide bonds. The Morgan fingerprint density at radius 3 is 2.61 bits per heavy atom. The van der Waals surface area contributed by atoms with Crippen molar-refractivity contribution in [2.24, 2.45) is 0 Å². The van der Waals surface area contributed by atoms with Crippen molar-refractivity contribution in [2.75, 3.05) is 13.1 Å². The van der Waals surface area contributed by atoms with Gasteiger partial charge in [0.15, 0.2) is 11.6 Å². The Kier molecular flexibility index (Phi) is 5.99. The van der Waals surface area contributed by atoms with Crippen LogP contribution in [0.4, 0.5) is 8.78 Å². The first-order chi connectivity index (χ1) is 8.57. The molecule has 0 unspecified atom stereocenters. The van der Waals surface area contributed by atoms with Gasteiger partial charge in [0.05, 0.1) is 0 Å². The molecule has 0 aliphatic heterocycles. The second kappa shape index (κ2) is 7.27. The van der Waals surface area contributed by atoms with Crippen LogP contribution in [-0.4, -0.2) is 13.1 Å². The number of benzene rings is 1. The fraction of sp³-hybridized carbons (Fsp3) is 0.467. The van der Waals surface area contributed by atoms with Crippen LogP contribution in [-0.2, 0) is 0 Å². The lowest BCUT2D eigenvalue weighted by atomic mass is 10.0. The summed E-state index contributed by atoms with van der Waals surface area (Å²) in [6.07, 6.45) is 3.86. The summed E-state index contributed by atoms with van der Waals surface area (Å²) in [5, 5.41) is 3.26. The second-order valence-electron chi connectivity index (χ2n) is 4.48. The molecule has 1 N–H and O–H groups in total. The Balaban J connectivity index is 2.69. The van der Waals surface area contributed by atoms with Gasteiger partial charge in [0.25, 0.3) is 0 Å². The Morgan fingerprint density at radius 1 is 1.22 bits per heavy atom. The molecule has 1 nitrogen and oxygen atoms in total. The van der Waals surface area contributed by atoms with Crippen molar-refractivity contribution in [3.63, 3.8) is 0 Å². The zero-order chi connectivity index (χ0) is 13.5. The summed E-state index contributed by atoms with van der Waals surface area (Å²) >= 11 is 0. The molecule has 1 aromatic carbocycles. The molecule has 1 rings (SSSR count). The van der Waals surface area contributed by atoms with Crippen LogP contribution in [0.2, 0.25) is 0 Å². The normalized spacial score (nSPS) is 11.9. The number of rotatable bonds is 6. The van der Waals surface area contributed by atoms with E-state index in [4.69, 9.17) is 0 Å². The van der Waals surface area contributed by atoms with E-state index in [0.717, 1.165) is 31.5 Å². The average Bonchev–Trinajstić information content (AvgIpc) is 2.35. The molecule has 0 atom stereocenters. The van der Waals surface area contributed by atoms with Gasteiger partial charge in [0.1, 0.15) is 0 Å². The van der Waals surface area contributed by atoms with Crippen LogP contribution >= 0.6 is 0 Å². The standard InChI is InChI=1S/C15H21F2N/c1-4-9-18-10-5-6-11(2)13-8-7-12(3)14(16)15(13)17/h6-8,18H,4-5,9-10H2,1-3H3/b11-6-. The number of halogens is 2. The van der Waals surface area contributed by atoms with E-state index < -0.39 is 11.6 Å². The third-order valence-electron chi connectivity index (χ3n) is 2.90. The Morgan fingerprint density at radius 2 is 1.94 bits per heavy atom. The van der Waals surface area contributed by atoms with Crippen molar-refractivity contribution in [1.29, 1.82) is 0 Å². The van der Waals surface area contributed by atoms with Crippen molar-refractivity contribution in [3.05, 3.63) is 41.0 Å². The number of aryl methyl sites for hydroxylation is 1. The van der Waals surface area contributed by atoms with E-state index in [9.17, 15) is 8.78 Å². The average molecular weight is 253 g/mol. The molecule has 0 heterocycles. The summed E-state index contributed by atoms with van der Waals surface area (Å²) < 4.78 is 27.1. The first-order valence-electron chi connectivity index (χ1n) is 6.40. The fourth-order valence-corrected chi connectivity index (χ4v) is 1.75. The van der Waals surface area contributed by atoms with E-state index in [1.807, 2.05) is 13.0 Å². The maximum atomic E-state index is 13.7. The van der Waals surface area contributed by atoms with Crippen LogP contribution in [0, 0.1) is 18.6 Å². The van der Waals surface area contributed by atoms with Gasteiger partial charge in [0, 0.05) is 5.56 Å². The Bertz CT molecular complexity index is 425. The third kappa shape index (κ3) is 3.91. The van der Waals surface area contributed by atoms with Gasteiger partial charge >= 0.3 is 0 Å². The van der Waals surface area contributed by atoms with E-state index >= 15 is 0 Å². The van der Waals surface area contributed by atoms with Gasteiger partial charge in [-0.3, -0.25) is 0 Å². The molecule has 3 heteroatoms. The third-order valence-corrected chi connectivity index (χ3v) is 2.90. The van der Waals surface area contributed by atoms with Gasteiger partial charge < -0.3 is 5.32 Å². The molecule has 0 bridgehead atoms. The quantitative estimate of drug-likeness (QED) is 0.754. The molecule has 0 radical (unpaired) electrons. The molecule has 0 aliphatic rings. The van der Waals surface area contributed by atoms with Gasteiger partial charge in [-0.05, 0) is 50.9 Å². The highest BCUT2D eigenvalue weighted by atomic mass is 19.2. The zero-order valence-corrected chi connectivity index (χ0v) is 11.3. The van der Waals surface area contributed by atoms with Crippen molar-refractivity contribution in [3.8, 4) is 0 Å². The van der Waals surface area contributed by atoms with Crippen molar-refractivity contribution in [1.82, 2.24) is 5.32 Å². The topological polar surface area (TPSA) is 12.0 Å². The smallest absolute Gasteiger partial charge is 0.166 e. The molecule has 100 valence electrons. The highest BCUT2D eigenvalue weighted by Gasteiger charge is 2.11. The van der Waals surface area contributed by atoms with Crippen LogP contribution in [0.25, 0.3) is 5.57 Å². The Labute approximate surface area is 108 Å². The minimum atomic E-state index is -0.746. The van der Waals surface area contributed by atoms with Crippen LogP contribution in [0.1, 0.15) is 37.8 Å². The molecule has 0 spiro atoms. The summed E-state index contributed by atoms with van der Waals surface area (Å²) in [6.45, 7) is 7.34. The molecular formula is C15H21F2N. The molecular weight excluding hydrogens is 232 g/mol. The summed E-state index contributed by atoms with van der Waals surface area (Å²) in [5.74, 6) is -1.49. The Hall–Kier alpha value is -1.22. The molecule has 1 aromatic rings. The number of hydrogen-bond donors (Lipinski definition) is 1.